The topological polar surface area (TPSA) is 137 Å². The maximum atomic E-state index is 13.1. The molecule has 1 aliphatic heterocycles. The summed E-state index contributed by atoms with van der Waals surface area (Å²) in [6, 6.07) is -0.724. The van der Waals surface area contributed by atoms with E-state index in [0.717, 1.165) is 9.80 Å². The summed E-state index contributed by atoms with van der Waals surface area (Å²) in [5, 5.41) is 0. The van der Waals surface area contributed by atoms with E-state index >= 15 is 0 Å². The molecule has 1 heterocycles. The summed E-state index contributed by atoms with van der Waals surface area (Å²) in [7, 11) is 0. The van der Waals surface area contributed by atoms with Crippen LogP contribution in [0.15, 0.2) is 36.5 Å². The second kappa shape index (κ2) is 17.0. The molecule has 0 aromatic rings. The molecular weight excluding hydrogens is 508 g/mol. The number of imide groups is 2. The van der Waals surface area contributed by atoms with Gasteiger partial charge in [-0.15, -0.1) is 0 Å². The molecule has 1 saturated heterocycles. The van der Waals surface area contributed by atoms with Crippen LogP contribution in [0.2, 0.25) is 0 Å². The third-order valence-electron chi connectivity index (χ3n) is 5.77. The van der Waals surface area contributed by atoms with Crippen LogP contribution in [0.1, 0.15) is 65.7 Å². The molecule has 0 bridgehead atoms. The highest BCUT2D eigenvalue weighted by Crippen LogP contribution is 2.24. The van der Waals surface area contributed by atoms with Gasteiger partial charge in [0.05, 0.1) is 19.8 Å². The quantitative estimate of drug-likeness (QED) is 0.0829. The highest BCUT2D eigenvalue weighted by atomic mass is 16.5. The van der Waals surface area contributed by atoms with Gasteiger partial charge in [-0.2, -0.15) is 0 Å². The van der Waals surface area contributed by atoms with Crippen LogP contribution in [0.25, 0.3) is 0 Å². The van der Waals surface area contributed by atoms with Gasteiger partial charge in [0.1, 0.15) is 5.92 Å². The van der Waals surface area contributed by atoms with Crippen LogP contribution in [0.5, 0.6) is 0 Å². The molecule has 0 aliphatic carbocycles. The van der Waals surface area contributed by atoms with E-state index < -0.39 is 41.7 Å². The number of esters is 3. The van der Waals surface area contributed by atoms with Crippen molar-refractivity contribution in [1.29, 1.82) is 0 Å². The fraction of sp³-hybridized carbons (Fsp3) is 0.571. The summed E-state index contributed by atoms with van der Waals surface area (Å²) in [5.41, 5.74) is 0.818. The monoisotopic (exact) mass is 548 g/mol. The van der Waals surface area contributed by atoms with Gasteiger partial charge in [-0.25, -0.2) is 19.2 Å². The Kier molecular flexibility index (Phi) is 14.5. The minimum Gasteiger partial charge on any atom is -0.462 e. The SMILES string of the molecule is C=C(C)C(=O)OCCCCCC1C(=O)N(CCCCOC(=O)C(=C)C)C(=O)N(CCCOC(=O)C(=C)C)C1=O. The Labute approximate surface area is 229 Å². The van der Waals surface area contributed by atoms with E-state index in [4.69, 9.17) is 14.2 Å². The molecule has 216 valence electrons. The van der Waals surface area contributed by atoms with E-state index in [9.17, 15) is 28.8 Å². The molecule has 1 rings (SSSR count). The predicted molar refractivity (Wildman–Crippen MR) is 142 cm³/mol. The molecule has 0 aromatic heterocycles. The zero-order valence-corrected chi connectivity index (χ0v) is 23.3. The first-order chi connectivity index (χ1) is 18.4. The molecule has 1 unspecified atom stereocenters. The third kappa shape index (κ3) is 11.3. The normalized spacial score (nSPS) is 15.2. The maximum absolute atomic E-state index is 13.1. The highest BCUT2D eigenvalue weighted by molar-refractivity contribution is 6.16. The summed E-state index contributed by atoms with van der Waals surface area (Å²) < 4.78 is 15.1. The third-order valence-corrected chi connectivity index (χ3v) is 5.77. The molecule has 0 aromatic carbocycles. The number of hydrogen-bond acceptors (Lipinski definition) is 9. The number of hydrogen-bond donors (Lipinski definition) is 0. The number of ether oxygens (including phenoxy) is 3. The zero-order chi connectivity index (χ0) is 29.5. The minimum atomic E-state index is -1.03. The minimum absolute atomic E-state index is 0.0155. The van der Waals surface area contributed by atoms with Crippen LogP contribution in [0.3, 0.4) is 0 Å². The number of rotatable bonds is 18. The Bertz CT molecular complexity index is 986. The smallest absolute Gasteiger partial charge is 0.333 e. The lowest BCUT2D eigenvalue weighted by atomic mass is 9.95. The van der Waals surface area contributed by atoms with Crippen LogP contribution < -0.4 is 0 Å². The Hall–Kier alpha value is -3.76. The van der Waals surface area contributed by atoms with Crippen LogP contribution in [0, 0.1) is 5.92 Å². The standard InChI is InChI=1S/C28H40N2O9/c1-19(2)25(33)37-16-10-7-8-13-22-23(31)29(14-9-11-17-38-26(34)20(3)4)28(36)30(24(22)32)15-12-18-39-27(35)21(5)6/h22H,1,3,5,7-18H2,2,4,6H3. The number of urea groups is 1. The Balaban J connectivity index is 2.75. The number of barbiturate groups is 1. The first-order valence-corrected chi connectivity index (χ1v) is 13.0. The molecule has 0 saturated carbocycles. The molecule has 4 amide bonds. The van der Waals surface area contributed by atoms with Crippen LogP contribution in [0.4, 0.5) is 4.79 Å². The van der Waals surface area contributed by atoms with E-state index in [1.54, 1.807) is 6.92 Å². The van der Waals surface area contributed by atoms with E-state index in [-0.39, 0.29) is 56.9 Å². The van der Waals surface area contributed by atoms with Gasteiger partial charge >= 0.3 is 23.9 Å². The number of carbonyl (C=O) groups excluding carboxylic acids is 6. The van der Waals surface area contributed by atoms with E-state index in [0.29, 0.717) is 37.7 Å². The van der Waals surface area contributed by atoms with E-state index in [2.05, 4.69) is 19.7 Å². The van der Waals surface area contributed by atoms with Crippen LogP contribution in [-0.2, 0) is 38.2 Å². The van der Waals surface area contributed by atoms with Crippen molar-refractivity contribution in [3.05, 3.63) is 36.5 Å². The lowest BCUT2D eigenvalue weighted by molar-refractivity contribution is -0.150. The molecule has 1 fully saturated rings. The van der Waals surface area contributed by atoms with Crippen molar-refractivity contribution in [3.8, 4) is 0 Å². The van der Waals surface area contributed by atoms with E-state index in [1.165, 1.54) is 13.8 Å². The lowest BCUT2D eigenvalue weighted by Crippen LogP contribution is -2.60. The van der Waals surface area contributed by atoms with Crippen molar-refractivity contribution >= 4 is 35.8 Å². The summed E-state index contributed by atoms with van der Waals surface area (Å²) in [4.78, 5) is 76.0. The molecule has 39 heavy (non-hydrogen) atoms. The van der Waals surface area contributed by atoms with Crippen molar-refractivity contribution < 1.29 is 43.0 Å². The highest BCUT2D eigenvalue weighted by Gasteiger charge is 2.44. The summed E-state index contributed by atoms with van der Waals surface area (Å²) >= 11 is 0. The van der Waals surface area contributed by atoms with Crippen molar-refractivity contribution in [2.75, 3.05) is 32.9 Å². The van der Waals surface area contributed by atoms with Gasteiger partial charge in [0.2, 0.25) is 11.8 Å². The van der Waals surface area contributed by atoms with Crippen molar-refractivity contribution in [2.24, 2.45) is 5.92 Å². The molecule has 0 spiro atoms. The van der Waals surface area contributed by atoms with E-state index in [1.807, 2.05) is 0 Å². The predicted octanol–water partition coefficient (Wildman–Crippen LogP) is 3.48. The molecule has 1 aliphatic rings. The molecule has 1 atom stereocenters. The summed E-state index contributed by atoms with van der Waals surface area (Å²) in [5.74, 6) is -3.74. The maximum Gasteiger partial charge on any atom is 0.333 e. The van der Waals surface area contributed by atoms with Crippen LogP contribution in [-0.4, -0.2) is 78.5 Å². The first kappa shape index (κ1) is 33.3. The van der Waals surface area contributed by atoms with Crippen molar-refractivity contribution in [1.82, 2.24) is 9.80 Å². The number of unbranched alkanes of at least 4 members (excludes halogenated alkanes) is 3. The Morgan fingerprint density at radius 1 is 0.615 bits per heavy atom. The van der Waals surface area contributed by atoms with Gasteiger partial charge in [-0.3, -0.25) is 19.4 Å². The summed E-state index contributed by atoms with van der Waals surface area (Å²) in [6.07, 6.45) is 2.89. The molecule has 0 N–H and O–H groups in total. The Morgan fingerprint density at radius 3 is 1.44 bits per heavy atom. The molecule has 11 nitrogen and oxygen atoms in total. The molecule has 0 radical (unpaired) electrons. The van der Waals surface area contributed by atoms with Crippen LogP contribution >= 0.6 is 0 Å². The molecule has 11 heteroatoms. The van der Waals surface area contributed by atoms with Gasteiger partial charge in [-0.1, -0.05) is 32.6 Å². The van der Waals surface area contributed by atoms with Gasteiger partial charge in [0.15, 0.2) is 0 Å². The zero-order valence-electron chi connectivity index (χ0n) is 23.3. The van der Waals surface area contributed by atoms with Gasteiger partial charge in [-0.05, 0) is 52.9 Å². The van der Waals surface area contributed by atoms with Gasteiger partial charge in [0, 0.05) is 29.8 Å². The fourth-order valence-corrected chi connectivity index (χ4v) is 3.56. The number of carbonyl (C=O) groups is 6. The average Bonchev–Trinajstić information content (AvgIpc) is 2.87. The number of nitrogens with zero attached hydrogens (tertiary/aromatic N) is 2. The Morgan fingerprint density at radius 2 is 1.00 bits per heavy atom. The average molecular weight is 549 g/mol. The summed E-state index contributed by atoms with van der Waals surface area (Å²) in [6.45, 7) is 15.5. The lowest BCUT2D eigenvalue weighted by Gasteiger charge is -2.37. The molecular formula is C28H40N2O9. The largest absolute Gasteiger partial charge is 0.462 e. The second-order valence-corrected chi connectivity index (χ2v) is 9.47. The second-order valence-electron chi connectivity index (χ2n) is 9.47. The van der Waals surface area contributed by atoms with Gasteiger partial charge in [0.25, 0.3) is 0 Å². The van der Waals surface area contributed by atoms with Crippen molar-refractivity contribution in [3.63, 3.8) is 0 Å². The van der Waals surface area contributed by atoms with Gasteiger partial charge < -0.3 is 14.2 Å². The fourth-order valence-electron chi connectivity index (χ4n) is 3.56. The number of amides is 4. The van der Waals surface area contributed by atoms with Crippen molar-refractivity contribution in [2.45, 2.75) is 65.7 Å². The first-order valence-electron chi connectivity index (χ1n) is 13.0.